The lowest BCUT2D eigenvalue weighted by Gasteiger charge is -2.29. The molecule has 2 bridgehead atoms. The summed E-state index contributed by atoms with van der Waals surface area (Å²) in [7, 11) is 0. The van der Waals surface area contributed by atoms with Gasteiger partial charge in [0.1, 0.15) is 5.75 Å². The minimum absolute atomic E-state index is 0.0914. The SMILES string of the molecule is C[C@@H](Oc1ccc(Cl)cc1Cl)C(=O)N[C@H](C)[C@@H]1C[C@@H]2CC[C@@H]1C2. The van der Waals surface area contributed by atoms with Gasteiger partial charge in [0, 0.05) is 11.1 Å². The predicted molar refractivity (Wildman–Crippen MR) is 93.1 cm³/mol. The lowest BCUT2D eigenvalue weighted by Crippen LogP contribution is -2.45. The van der Waals surface area contributed by atoms with Gasteiger partial charge in [-0.3, -0.25) is 4.79 Å². The minimum Gasteiger partial charge on any atom is -0.479 e. The normalized spacial score (nSPS) is 28.4. The van der Waals surface area contributed by atoms with Gasteiger partial charge < -0.3 is 10.1 Å². The number of carbonyl (C=O) groups is 1. The number of carbonyl (C=O) groups excluding carboxylic acids is 1. The van der Waals surface area contributed by atoms with Gasteiger partial charge in [0.25, 0.3) is 5.91 Å². The van der Waals surface area contributed by atoms with Gasteiger partial charge in [-0.1, -0.05) is 29.6 Å². The zero-order valence-corrected chi connectivity index (χ0v) is 15.0. The number of amides is 1. The van der Waals surface area contributed by atoms with Crippen LogP contribution in [0.15, 0.2) is 18.2 Å². The topological polar surface area (TPSA) is 38.3 Å². The maximum absolute atomic E-state index is 12.4. The summed E-state index contributed by atoms with van der Waals surface area (Å²) >= 11 is 12.0. The van der Waals surface area contributed by atoms with E-state index < -0.39 is 6.10 Å². The van der Waals surface area contributed by atoms with Gasteiger partial charge in [-0.15, -0.1) is 0 Å². The molecule has 5 heteroatoms. The Bertz CT molecular complexity index is 592. The molecule has 2 saturated carbocycles. The highest BCUT2D eigenvalue weighted by molar-refractivity contribution is 6.35. The Hall–Kier alpha value is -0.930. The average molecular weight is 356 g/mol. The Balaban J connectivity index is 1.55. The molecule has 0 aliphatic heterocycles. The molecule has 2 fully saturated rings. The molecule has 0 aromatic heterocycles. The molecule has 0 unspecified atom stereocenters. The Morgan fingerprint density at radius 3 is 2.65 bits per heavy atom. The summed E-state index contributed by atoms with van der Waals surface area (Å²) in [4.78, 5) is 12.4. The van der Waals surface area contributed by atoms with Crippen molar-refractivity contribution < 1.29 is 9.53 Å². The van der Waals surface area contributed by atoms with Crippen molar-refractivity contribution in [2.24, 2.45) is 17.8 Å². The van der Waals surface area contributed by atoms with E-state index >= 15 is 0 Å². The number of halogens is 2. The fourth-order valence-electron chi connectivity index (χ4n) is 4.17. The Morgan fingerprint density at radius 2 is 2.04 bits per heavy atom. The van der Waals surface area contributed by atoms with Gasteiger partial charge in [0.15, 0.2) is 6.10 Å². The zero-order chi connectivity index (χ0) is 16.6. The number of hydrogen-bond donors (Lipinski definition) is 1. The number of nitrogens with one attached hydrogen (secondary N) is 1. The predicted octanol–water partition coefficient (Wildman–Crippen LogP) is 4.70. The lowest BCUT2D eigenvalue weighted by molar-refractivity contribution is -0.128. The number of hydrogen-bond acceptors (Lipinski definition) is 2. The van der Waals surface area contributed by atoms with Crippen molar-refractivity contribution >= 4 is 29.1 Å². The number of fused-ring (bicyclic) bond motifs is 2. The molecule has 5 atom stereocenters. The van der Waals surface area contributed by atoms with Crippen LogP contribution in [0.4, 0.5) is 0 Å². The maximum Gasteiger partial charge on any atom is 0.260 e. The van der Waals surface area contributed by atoms with E-state index in [4.69, 9.17) is 27.9 Å². The molecule has 2 aliphatic rings. The van der Waals surface area contributed by atoms with Crippen molar-refractivity contribution in [3.63, 3.8) is 0 Å². The van der Waals surface area contributed by atoms with Crippen molar-refractivity contribution in [1.82, 2.24) is 5.32 Å². The van der Waals surface area contributed by atoms with Crippen molar-refractivity contribution in [2.45, 2.75) is 51.7 Å². The molecule has 3 nitrogen and oxygen atoms in total. The van der Waals surface area contributed by atoms with E-state index in [1.54, 1.807) is 25.1 Å². The van der Waals surface area contributed by atoms with Crippen molar-refractivity contribution in [3.8, 4) is 5.75 Å². The average Bonchev–Trinajstić information content (AvgIpc) is 3.12. The molecule has 0 saturated heterocycles. The quantitative estimate of drug-likeness (QED) is 0.830. The highest BCUT2D eigenvalue weighted by atomic mass is 35.5. The van der Waals surface area contributed by atoms with Crippen molar-refractivity contribution in [1.29, 1.82) is 0 Å². The summed E-state index contributed by atoms with van der Waals surface area (Å²) in [5, 5.41) is 4.09. The third-order valence-corrected chi connectivity index (χ3v) is 5.90. The van der Waals surface area contributed by atoms with Gasteiger partial charge in [0.2, 0.25) is 0 Å². The molecule has 1 N–H and O–H groups in total. The van der Waals surface area contributed by atoms with Gasteiger partial charge in [-0.25, -0.2) is 0 Å². The van der Waals surface area contributed by atoms with Gasteiger partial charge in [0.05, 0.1) is 5.02 Å². The summed E-state index contributed by atoms with van der Waals surface area (Å²) in [6.45, 7) is 3.86. The Morgan fingerprint density at radius 1 is 1.26 bits per heavy atom. The fourth-order valence-corrected chi connectivity index (χ4v) is 4.62. The molecule has 3 rings (SSSR count). The molecule has 126 valence electrons. The first-order chi connectivity index (χ1) is 10.9. The van der Waals surface area contributed by atoms with Crippen LogP contribution in [-0.4, -0.2) is 18.1 Å². The van der Waals surface area contributed by atoms with E-state index in [1.165, 1.54) is 25.7 Å². The van der Waals surface area contributed by atoms with Gasteiger partial charge >= 0.3 is 0 Å². The molecule has 0 heterocycles. The molecule has 23 heavy (non-hydrogen) atoms. The maximum atomic E-state index is 12.4. The molecular weight excluding hydrogens is 333 g/mol. The van der Waals surface area contributed by atoms with Crippen LogP contribution in [0.1, 0.15) is 39.5 Å². The molecule has 1 aromatic rings. The van der Waals surface area contributed by atoms with Crippen LogP contribution in [-0.2, 0) is 4.79 Å². The summed E-state index contributed by atoms with van der Waals surface area (Å²) in [6, 6.07) is 5.20. The number of ether oxygens (including phenoxy) is 1. The van der Waals surface area contributed by atoms with Crippen LogP contribution in [0.5, 0.6) is 5.75 Å². The van der Waals surface area contributed by atoms with Crippen LogP contribution in [0.2, 0.25) is 10.0 Å². The van der Waals surface area contributed by atoms with Gasteiger partial charge in [-0.05, 0) is 69.1 Å². The Kier molecular flexibility index (Phi) is 5.07. The minimum atomic E-state index is -0.588. The molecule has 1 amide bonds. The van der Waals surface area contributed by atoms with E-state index in [1.807, 2.05) is 0 Å². The van der Waals surface area contributed by atoms with Crippen LogP contribution in [0, 0.1) is 17.8 Å². The van der Waals surface area contributed by atoms with E-state index in [0.717, 1.165) is 11.8 Å². The van der Waals surface area contributed by atoms with Crippen LogP contribution >= 0.6 is 23.2 Å². The first-order valence-electron chi connectivity index (χ1n) is 8.36. The molecular formula is C18H23Cl2NO2. The van der Waals surface area contributed by atoms with Gasteiger partial charge in [-0.2, -0.15) is 0 Å². The van der Waals surface area contributed by atoms with E-state index in [9.17, 15) is 4.79 Å². The van der Waals surface area contributed by atoms with Crippen LogP contribution < -0.4 is 10.1 Å². The van der Waals surface area contributed by atoms with Crippen molar-refractivity contribution in [2.75, 3.05) is 0 Å². The second-order valence-corrected chi connectivity index (χ2v) is 7.81. The fraction of sp³-hybridized carbons (Fsp3) is 0.611. The molecule has 1 aromatic carbocycles. The Labute approximate surface area is 147 Å². The first kappa shape index (κ1) is 16.9. The number of rotatable bonds is 5. The monoisotopic (exact) mass is 355 g/mol. The third-order valence-electron chi connectivity index (χ3n) is 5.37. The van der Waals surface area contributed by atoms with E-state index in [2.05, 4.69) is 12.2 Å². The standard InChI is InChI=1S/C18H23Cl2NO2/c1-10(15-8-12-3-4-13(15)7-12)21-18(22)11(2)23-17-6-5-14(19)9-16(17)20/h5-6,9-13,15H,3-4,7-8H2,1-2H3,(H,21,22)/t10-,11-,12-,13-,15+/m1/s1. The lowest BCUT2D eigenvalue weighted by atomic mass is 9.84. The summed E-state index contributed by atoms with van der Waals surface area (Å²) in [5.41, 5.74) is 0. The van der Waals surface area contributed by atoms with Crippen LogP contribution in [0.3, 0.4) is 0 Å². The highest BCUT2D eigenvalue weighted by Gasteiger charge is 2.42. The summed E-state index contributed by atoms with van der Waals surface area (Å²) < 4.78 is 5.68. The van der Waals surface area contributed by atoms with E-state index in [-0.39, 0.29) is 11.9 Å². The second-order valence-electron chi connectivity index (χ2n) is 6.97. The number of benzene rings is 1. The summed E-state index contributed by atoms with van der Waals surface area (Å²) in [6.07, 6.45) is 4.70. The smallest absolute Gasteiger partial charge is 0.260 e. The molecule has 0 spiro atoms. The summed E-state index contributed by atoms with van der Waals surface area (Å²) in [5.74, 6) is 2.67. The van der Waals surface area contributed by atoms with Crippen molar-refractivity contribution in [3.05, 3.63) is 28.2 Å². The van der Waals surface area contributed by atoms with Crippen LogP contribution in [0.25, 0.3) is 0 Å². The van der Waals surface area contributed by atoms with E-state index in [0.29, 0.717) is 21.7 Å². The first-order valence-corrected chi connectivity index (χ1v) is 9.11. The second kappa shape index (κ2) is 6.90. The highest BCUT2D eigenvalue weighted by Crippen LogP contribution is 2.49. The largest absolute Gasteiger partial charge is 0.479 e. The zero-order valence-electron chi connectivity index (χ0n) is 13.5. The molecule has 2 aliphatic carbocycles. The molecule has 0 radical (unpaired) electrons. The third kappa shape index (κ3) is 3.77.